The normalized spacial score (nSPS) is 10.9. The maximum absolute atomic E-state index is 11.7. The van der Waals surface area contributed by atoms with Crippen LogP contribution in [0.25, 0.3) is 0 Å². The van der Waals surface area contributed by atoms with E-state index >= 15 is 0 Å². The van der Waals surface area contributed by atoms with Crippen molar-refractivity contribution in [1.82, 2.24) is 5.32 Å². The number of rotatable bonds is 3. The molecule has 0 aromatic heterocycles. The number of nitrogen functional groups attached to an aromatic ring is 1. The van der Waals surface area contributed by atoms with E-state index in [2.05, 4.69) is 5.32 Å². The molecule has 0 bridgehead atoms. The Bertz CT molecular complexity index is 495. The molecule has 0 unspecified atom stereocenters. The van der Waals surface area contributed by atoms with Gasteiger partial charge in [-0.05, 0) is 39.0 Å². The number of benzene rings is 1. The van der Waals surface area contributed by atoms with Gasteiger partial charge < -0.3 is 15.8 Å². The summed E-state index contributed by atoms with van der Waals surface area (Å²) in [6.45, 7) is 5.15. The van der Waals surface area contributed by atoms with Crippen LogP contribution < -0.4 is 11.1 Å². The third kappa shape index (κ3) is 5.18. The summed E-state index contributed by atoms with van der Waals surface area (Å²) in [5.41, 5.74) is 5.67. The standard InChI is InChI=1S/C13H17ClN2O3/c1-13(2,3)16-11(17)7-19-12(18)9-6-8(14)4-5-10(9)15/h4-6H,7,15H2,1-3H3,(H,16,17). The first-order valence-electron chi connectivity index (χ1n) is 5.72. The van der Waals surface area contributed by atoms with E-state index in [1.165, 1.54) is 12.1 Å². The Labute approximate surface area is 117 Å². The molecule has 1 aromatic rings. The highest BCUT2D eigenvalue weighted by Gasteiger charge is 2.17. The molecule has 104 valence electrons. The predicted octanol–water partition coefficient (Wildman–Crippen LogP) is 1.99. The van der Waals surface area contributed by atoms with Crippen LogP contribution >= 0.6 is 11.6 Å². The average Bonchev–Trinajstić information content (AvgIpc) is 2.27. The maximum atomic E-state index is 11.7. The number of halogens is 1. The fourth-order valence-corrected chi connectivity index (χ4v) is 1.54. The van der Waals surface area contributed by atoms with Crippen LogP contribution in [0, 0.1) is 0 Å². The molecule has 0 atom stereocenters. The van der Waals surface area contributed by atoms with Crippen LogP contribution in [-0.4, -0.2) is 24.0 Å². The highest BCUT2D eigenvalue weighted by Crippen LogP contribution is 2.18. The van der Waals surface area contributed by atoms with Gasteiger partial charge in [-0.3, -0.25) is 4.79 Å². The van der Waals surface area contributed by atoms with E-state index in [0.717, 1.165) is 0 Å². The Kier molecular flexibility index (Phi) is 4.78. The average molecular weight is 285 g/mol. The van der Waals surface area contributed by atoms with Gasteiger partial charge in [-0.15, -0.1) is 0 Å². The van der Waals surface area contributed by atoms with Gasteiger partial charge in [0.15, 0.2) is 6.61 Å². The molecule has 0 saturated carbocycles. The van der Waals surface area contributed by atoms with Crippen molar-refractivity contribution in [2.24, 2.45) is 0 Å². The van der Waals surface area contributed by atoms with Crippen LogP contribution in [-0.2, 0) is 9.53 Å². The number of nitrogens with two attached hydrogens (primary N) is 1. The lowest BCUT2D eigenvalue weighted by Gasteiger charge is -2.20. The number of carbonyl (C=O) groups excluding carboxylic acids is 2. The Hall–Kier alpha value is -1.75. The van der Waals surface area contributed by atoms with Crippen molar-refractivity contribution in [1.29, 1.82) is 0 Å². The van der Waals surface area contributed by atoms with E-state index in [1.807, 2.05) is 20.8 Å². The summed E-state index contributed by atoms with van der Waals surface area (Å²) in [5, 5.41) is 3.05. The Morgan fingerprint density at radius 2 is 2.00 bits per heavy atom. The van der Waals surface area contributed by atoms with Gasteiger partial charge in [0, 0.05) is 16.2 Å². The third-order valence-corrected chi connectivity index (χ3v) is 2.32. The molecule has 0 aliphatic carbocycles. The van der Waals surface area contributed by atoms with E-state index < -0.39 is 5.97 Å². The Balaban J connectivity index is 2.61. The molecular weight excluding hydrogens is 268 g/mol. The van der Waals surface area contributed by atoms with E-state index in [4.69, 9.17) is 22.1 Å². The summed E-state index contributed by atoms with van der Waals surface area (Å²) in [6.07, 6.45) is 0. The summed E-state index contributed by atoms with van der Waals surface area (Å²) in [4.78, 5) is 23.2. The molecule has 5 nitrogen and oxygen atoms in total. The van der Waals surface area contributed by atoms with Gasteiger partial charge in [0.2, 0.25) is 0 Å². The number of nitrogens with one attached hydrogen (secondary N) is 1. The Morgan fingerprint density at radius 1 is 1.37 bits per heavy atom. The molecule has 0 saturated heterocycles. The quantitative estimate of drug-likeness (QED) is 0.657. The smallest absolute Gasteiger partial charge is 0.340 e. The molecule has 1 rings (SSSR count). The molecule has 1 amide bonds. The molecule has 0 heterocycles. The lowest BCUT2D eigenvalue weighted by Crippen LogP contribution is -2.42. The number of esters is 1. The van der Waals surface area contributed by atoms with Crippen molar-refractivity contribution >= 4 is 29.2 Å². The lowest BCUT2D eigenvalue weighted by atomic mass is 10.1. The summed E-state index contributed by atoms with van der Waals surface area (Å²) < 4.78 is 4.88. The van der Waals surface area contributed by atoms with Crippen molar-refractivity contribution in [2.75, 3.05) is 12.3 Å². The van der Waals surface area contributed by atoms with Crippen molar-refractivity contribution in [3.05, 3.63) is 28.8 Å². The highest BCUT2D eigenvalue weighted by molar-refractivity contribution is 6.31. The minimum absolute atomic E-state index is 0.149. The van der Waals surface area contributed by atoms with Crippen LogP contribution in [0.4, 0.5) is 5.69 Å². The molecule has 0 spiro atoms. The van der Waals surface area contributed by atoms with Crippen LogP contribution in [0.15, 0.2) is 18.2 Å². The van der Waals surface area contributed by atoms with E-state index in [-0.39, 0.29) is 29.3 Å². The van der Waals surface area contributed by atoms with Gasteiger partial charge in [0.05, 0.1) is 5.56 Å². The number of anilines is 1. The van der Waals surface area contributed by atoms with Gasteiger partial charge in [0.1, 0.15) is 0 Å². The van der Waals surface area contributed by atoms with Crippen molar-refractivity contribution < 1.29 is 14.3 Å². The number of carbonyl (C=O) groups is 2. The summed E-state index contributed by atoms with van der Waals surface area (Å²) >= 11 is 5.77. The molecular formula is C13H17ClN2O3. The lowest BCUT2D eigenvalue weighted by molar-refractivity contribution is -0.125. The van der Waals surface area contributed by atoms with Gasteiger partial charge in [-0.2, -0.15) is 0 Å². The van der Waals surface area contributed by atoms with Crippen LogP contribution in [0.3, 0.4) is 0 Å². The fraction of sp³-hybridized carbons (Fsp3) is 0.385. The van der Waals surface area contributed by atoms with E-state index in [9.17, 15) is 9.59 Å². The summed E-state index contributed by atoms with van der Waals surface area (Å²) in [7, 11) is 0. The van der Waals surface area contributed by atoms with Crippen LogP contribution in [0.5, 0.6) is 0 Å². The first kappa shape index (κ1) is 15.3. The molecule has 1 aromatic carbocycles. The first-order valence-corrected chi connectivity index (χ1v) is 6.10. The molecule has 6 heteroatoms. The largest absolute Gasteiger partial charge is 0.452 e. The van der Waals surface area contributed by atoms with Crippen molar-refractivity contribution in [3.63, 3.8) is 0 Å². The SMILES string of the molecule is CC(C)(C)NC(=O)COC(=O)c1cc(Cl)ccc1N. The predicted molar refractivity (Wildman–Crippen MR) is 74.0 cm³/mol. The van der Waals surface area contributed by atoms with Crippen molar-refractivity contribution in [3.8, 4) is 0 Å². The third-order valence-electron chi connectivity index (χ3n) is 2.08. The number of hydrogen-bond donors (Lipinski definition) is 2. The summed E-state index contributed by atoms with van der Waals surface area (Å²) in [5.74, 6) is -1.05. The number of ether oxygens (including phenoxy) is 1. The molecule has 0 fully saturated rings. The fourth-order valence-electron chi connectivity index (χ4n) is 1.37. The Morgan fingerprint density at radius 3 is 2.58 bits per heavy atom. The van der Waals surface area contributed by atoms with Gasteiger partial charge >= 0.3 is 5.97 Å². The monoisotopic (exact) mass is 284 g/mol. The summed E-state index contributed by atoms with van der Waals surface area (Å²) in [6, 6.07) is 4.48. The highest BCUT2D eigenvalue weighted by atomic mass is 35.5. The molecule has 3 N–H and O–H groups in total. The van der Waals surface area contributed by atoms with Crippen molar-refractivity contribution in [2.45, 2.75) is 26.3 Å². The van der Waals surface area contributed by atoms with Gasteiger partial charge in [-0.25, -0.2) is 4.79 Å². The number of hydrogen-bond acceptors (Lipinski definition) is 4. The van der Waals surface area contributed by atoms with E-state index in [1.54, 1.807) is 6.07 Å². The maximum Gasteiger partial charge on any atom is 0.340 e. The first-order chi connectivity index (χ1) is 8.69. The van der Waals surface area contributed by atoms with Gasteiger partial charge in [-0.1, -0.05) is 11.6 Å². The van der Waals surface area contributed by atoms with Crippen LogP contribution in [0.1, 0.15) is 31.1 Å². The number of amides is 1. The zero-order chi connectivity index (χ0) is 14.6. The minimum atomic E-state index is -0.677. The second kappa shape index (κ2) is 5.93. The molecule has 0 aliphatic heterocycles. The zero-order valence-corrected chi connectivity index (χ0v) is 11.9. The molecule has 0 radical (unpaired) electrons. The van der Waals surface area contributed by atoms with Gasteiger partial charge in [0.25, 0.3) is 5.91 Å². The van der Waals surface area contributed by atoms with Crippen LogP contribution in [0.2, 0.25) is 5.02 Å². The van der Waals surface area contributed by atoms with E-state index in [0.29, 0.717) is 5.02 Å². The molecule has 0 aliphatic rings. The second-order valence-electron chi connectivity index (χ2n) is 5.11. The minimum Gasteiger partial charge on any atom is -0.452 e. The molecule has 19 heavy (non-hydrogen) atoms. The zero-order valence-electron chi connectivity index (χ0n) is 11.1. The second-order valence-corrected chi connectivity index (χ2v) is 5.54. The topological polar surface area (TPSA) is 81.4 Å².